The summed E-state index contributed by atoms with van der Waals surface area (Å²) in [6.07, 6.45) is 0. The molecule has 0 aliphatic carbocycles. The van der Waals surface area contributed by atoms with E-state index in [0.29, 0.717) is 17.1 Å². The summed E-state index contributed by atoms with van der Waals surface area (Å²) in [5, 5.41) is 16.4. The fraction of sp³-hybridized carbons (Fsp3) is 0.188. The molecule has 23 heavy (non-hydrogen) atoms. The zero-order chi connectivity index (χ0) is 16.8. The standard InChI is InChI=1S/C16H17N3O4/c1-11(17-14-8-3-4-9-15(14)23-2)16(20)18-12-6-5-7-13(10-12)19(21)22/h3-11,17H,1-2H3,(H,18,20). The molecular formula is C16H17N3O4. The van der Waals surface area contributed by atoms with Gasteiger partial charge in [0, 0.05) is 17.8 Å². The number of methoxy groups -OCH3 is 1. The van der Waals surface area contributed by atoms with E-state index in [2.05, 4.69) is 10.6 Å². The number of rotatable bonds is 6. The lowest BCUT2D eigenvalue weighted by molar-refractivity contribution is -0.384. The minimum absolute atomic E-state index is 0.0758. The van der Waals surface area contributed by atoms with Crippen LogP contribution in [0.4, 0.5) is 17.1 Å². The minimum atomic E-state index is -0.550. The van der Waals surface area contributed by atoms with Crippen LogP contribution in [0.3, 0.4) is 0 Å². The van der Waals surface area contributed by atoms with Crippen molar-refractivity contribution >= 4 is 23.0 Å². The molecule has 7 heteroatoms. The number of anilines is 2. The molecule has 1 unspecified atom stereocenters. The molecule has 0 heterocycles. The van der Waals surface area contributed by atoms with Crippen molar-refractivity contribution in [3.8, 4) is 5.75 Å². The Morgan fingerprint density at radius 2 is 1.96 bits per heavy atom. The van der Waals surface area contributed by atoms with Crippen molar-refractivity contribution in [2.75, 3.05) is 17.7 Å². The fourth-order valence-corrected chi connectivity index (χ4v) is 2.01. The second kappa shape index (κ2) is 7.26. The van der Waals surface area contributed by atoms with Gasteiger partial charge in [-0.1, -0.05) is 18.2 Å². The van der Waals surface area contributed by atoms with E-state index in [0.717, 1.165) is 0 Å². The van der Waals surface area contributed by atoms with Crippen molar-refractivity contribution < 1.29 is 14.5 Å². The molecule has 2 N–H and O–H groups in total. The molecule has 1 amide bonds. The maximum atomic E-state index is 12.2. The van der Waals surface area contributed by atoms with Gasteiger partial charge in [0.2, 0.25) is 5.91 Å². The summed E-state index contributed by atoms with van der Waals surface area (Å²) in [7, 11) is 1.55. The third kappa shape index (κ3) is 4.19. The Morgan fingerprint density at radius 3 is 2.65 bits per heavy atom. The van der Waals surface area contributed by atoms with E-state index in [4.69, 9.17) is 4.74 Å². The van der Waals surface area contributed by atoms with Crippen molar-refractivity contribution in [1.82, 2.24) is 0 Å². The maximum Gasteiger partial charge on any atom is 0.271 e. The lowest BCUT2D eigenvalue weighted by Crippen LogP contribution is -2.32. The maximum absolute atomic E-state index is 12.2. The Bertz CT molecular complexity index is 718. The average Bonchev–Trinajstić information content (AvgIpc) is 2.55. The number of non-ortho nitro benzene ring substituents is 1. The molecule has 0 bridgehead atoms. The molecule has 0 spiro atoms. The minimum Gasteiger partial charge on any atom is -0.495 e. The predicted molar refractivity (Wildman–Crippen MR) is 87.8 cm³/mol. The lowest BCUT2D eigenvalue weighted by Gasteiger charge is -2.17. The van der Waals surface area contributed by atoms with E-state index >= 15 is 0 Å². The molecular weight excluding hydrogens is 298 g/mol. The number of carbonyl (C=O) groups excluding carboxylic acids is 1. The summed E-state index contributed by atoms with van der Waals surface area (Å²) in [4.78, 5) is 22.5. The highest BCUT2D eigenvalue weighted by Gasteiger charge is 2.15. The third-order valence-electron chi connectivity index (χ3n) is 3.20. The lowest BCUT2D eigenvalue weighted by atomic mass is 10.2. The van der Waals surface area contributed by atoms with E-state index in [9.17, 15) is 14.9 Å². The fourth-order valence-electron chi connectivity index (χ4n) is 2.01. The van der Waals surface area contributed by atoms with Crippen LogP contribution in [-0.4, -0.2) is 24.0 Å². The average molecular weight is 315 g/mol. The van der Waals surface area contributed by atoms with Crippen LogP contribution in [0.2, 0.25) is 0 Å². The zero-order valence-electron chi connectivity index (χ0n) is 12.8. The van der Waals surface area contributed by atoms with E-state index in [1.165, 1.54) is 18.2 Å². The van der Waals surface area contributed by atoms with Gasteiger partial charge in [0.1, 0.15) is 11.8 Å². The first-order valence-electron chi connectivity index (χ1n) is 6.96. The van der Waals surface area contributed by atoms with Crippen molar-refractivity contribution in [1.29, 1.82) is 0 Å². The molecule has 0 aromatic heterocycles. The Hall–Kier alpha value is -3.09. The number of amides is 1. The molecule has 0 aliphatic rings. The van der Waals surface area contributed by atoms with E-state index in [1.807, 2.05) is 12.1 Å². The number of nitrogens with zero attached hydrogens (tertiary/aromatic N) is 1. The van der Waals surface area contributed by atoms with Crippen molar-refractivity contribution in [3.63, 3.8) is 0 Å². The first kappa shape index (κ1) is 16.3. The van der Waals surface area contributed by atoms with Gasteiger partial charge in [-0.15, -0.1) is 0 Å². The van der Waals surface area contributed by atoms with Gasteiger partial charge in [-0.05, 0) is 25.1 Å². The van der Waals surface area contributed by atoms with Gasteiger partial charge in [0.25, 0.3) is 5.69 Å². The Balaban J connectivity index is 2.05. The summed E-state index contributed by atoms with van der Waals surface area (Å²) in [5.41, 5.74) is 0.989. The molecule has 2 aromatic carbocycles. The number of nitro groups is 1. The summed E-state index contributed by atoms with van der Waals surface area (Å²) >= 11 is 0. The van der Waals surface area contributed by atoms with Gasteiger partial charge in [0.05, 0.1) is 17.7 Å². The van der Waals surface area contributed by atoms with Crippen molar-refractivity contribution in [2.45, 2.75) is 13.0 Å². The smallest absolute Gasteiger partial charge is 0.271 e. The number of hydrogen-bond donors (Lipinski definition) is 2. The summed E-state index contributed by atoms with van der Waals surface area (Å²) < 4.78 is 5.22. The zero-order valence-corrected chi connectivity index (χ0v) is 12.8. The highest BCUT2D eigenvalue weighted by Crippen LogP contribution is 2.24. The quantitative estimate of drug-likeness (QED) is 0.631. The van der Waals surface area contributed by atoms with Gasteiger partial charge in [-0.25, -0.2) is 0 Å². The van der Waals surface area contributed by atoms with Gasteiger partial charge in [0.15, 0.2) is 0 Å². The highest BCUT2D eigenvalue weighted by molar-refractivity contribution is 5.96. The normalized spacial score (nSPS) is 11.4. The van der Waals surface area contributed by atoms with E-state index in [-0.39, 0.29) is 11.6 Å². The number of ether oxygens (including phenoxy) is 1. The summed E-state index contributed by atoms with van der Waals surface area (Å²) in [5.74, 6) is 0.318. The van der Waals surface area contributed by atoms with E-state index in [1.54, 1.807) is 32.2 Å². The molecule has 0 aliphatic heterocycles. The molecule has 7 nitrogen and oxygen atoms in total. The Labute approximate surface area is 133 Å². The van der Waals surface area contributed by atoms with Gasteiger partial charge >= 0.3 is 0 Å². The topological polar surface area (TPSA) is 93.5 Å². The van der Waals surface area contributed by atoms with Crippen LogP contribution in [-0.2, 0) is 4.79 Å². The number of hydrogen-bond acceptors (Lipinski definition) is 5. The molecule has 1 atom stereocenters. The van der Waals surface area contributed by atoms with Crippen LogP contribution < -0.4 is 15.4 Å². The number of para-hydroxylation sites is 2. The highest BCUT2D eigenvalue weighted by atomic mass is 16.6. The van der Waals surface area contributed by atoms with Crippen LogP contribution in [0.25, 0.3) is 0 Å². The molecule has 2 rings (SSSR count). The monoisotopic (exact) mass is 315 g/mol. The number of carbonyl (C=O) groups is 1. The van der Waals surface area contributed by atoms with Crippen LogP contribution in [0.15, 0.2) is 48.5 Å². The first-order valence-corrected chi connectivity index (χ1v) is 6.96. The number of nitrogens with one attached hydrogen (secondary N) is 2. The second-order valence-corrected chi connectivity index (χ2v) is 4.86. The van der Waals surface area contributed by atoms with Crippen molar-refractivity contribution in [2.24, 2.45) is 0 Å². The van der Waals surface area contributed by atoms with Crippen LogP contribution in [0.5, 0.6) is 5.75 Å². The Morgan fingerprint density at radius 1 is 1.22 bits per heavy atom. The molecule has 0 saturated heterocycles. The SMILES string of the molecule is COc1ccccc1NC(C)C(=O)Nc1cccc([N+](=O)[O-])c1. The van der Waals surface area contributed by atoms with Gasteiger partial charge in [-0.3, -0.25) is 14.9 Å². The van der Waals surface area contributed by atoms with Gasteiger partial charge < -0.3 is 15.4 Å². The van der Waals surface area contributed by atoms with Gasteiger partial charge in [-0.2, -0.15) is 0 Å². The largest absolute Gasteiger partial charge is 0.495 e. The molecule has 120 valence electrons. The third-order valence-corrected chi connectivity index (χ3v) is 3.20. The molecule has 2 aromatic rings. The first-order chi connectivity index (χ1) is 11.0. The van der Waals surface area contributed by atoms with Crippen LogP contribution in [0.1, 0.15) is 6.92 Å². The van der Waals surface area contributed by atoms with E-state index < -0.39 is 11.0 Å². The van der Waals surface area contributed by atoms with Crippen LogP contribution in [0, 0.1) is 10.1 Å². The Kier molecular flexibility index (Phi) is 5.14. The molecule has 0 radical (unpaired) electrons. The summed E-state index contributed by atoms with van der Waals surface area (Å²) in [6.45, 7) is 1.69. The predicted octanol–water partition coefficient (Wildman–Crippen LogP) is 3.04. The number of benzene rings is 2. The molecule has 0 saturated carbocycles. The second-order valence-electron chi connectivity index (χ2n) is 4.86. The van der Waals surface area contributed by atoms with Crippen LogP contribution >= 0.6 is 0 Å². The summed E-state index contributed by atoms with van der Waals surface area (Å²) in [6, 6.07) is 12.5. The number of nitro benzene ring substituents is 1. The van der Waals surface area contributed by atoms with Crippen molar-refractivity contribution in [3.05, 3.63) is 58.6 Å². The molecule has 0 fully saturated rings.